The Balaban J connectivity index is 4.38. The van der Waals surface area contributed by atoms with Gasteiger partial charge in [0.15, 0.2) is 0 Å². The molecule has 0 aromatic carbocycles. The maximum atomic E-state index is 11.4. The number of carboxylic acid groups (broad SMARTS) is 1. The molecule has 2 unspecified atom stereocenters. The molecule has 0 rings (SSSR count). The van der Waals surface area contributed by atoms with E-state index in [9.17, 15) is 14.4 Å². The first-order chi connectivity index (χ1) is 8.75. The van der Waals surface area contributed by atoms with Crippen molar-refractivity contribution >= 4 is 17.7 Å². The molecule has 2 atom stereocenters. The summed E-state index contributed by atoms with van der Waals surface area (Å²) in [5.74, 6) is -1.48. The van der Waals surface area contributed by atoms with Gasteiger partial charge in [0.2, 0.25) is 5.91 Å². The van der Waals surface area contributed by atoms with Gasteiger partial charge in [-0.05, 0) is 20.3 Å². The van der Waals surface area contributed by atoms with Gasteiger partial charge < -0.3 is 10.4 Å². The van der Waals surface area contributed by atoms with Gasteiger partial charge in [-0.3, -0.25) is 19.3 Å². The van der Waals surface area contributed by atoms with Crippen molar-refractivity contribution in [2.45, 2.75) is 40.2 Å². The summed E-state index contributed by atoms with van der Waals surface area (Å²) in [6.45, 7) is 7.78. The van der Waals surface area contributed by atoms with E-state index in [1.807, 2.05) is 4.90 Å². The maximum absolute atomic E-state index is 11.4. The van der Waals surface area contributed by atoms with E-state index in [1.165, 1.54) is 13.8 Å². The highest BCUT2D eigenvalue weighted by Gasteiger charge is 2.22. The third-order valence-corrected chi connectivity index (χ3v) is 3.06. The van der Waals surface area contributed by atoms with Crippen LogP contribution in [0.1, 0.15) is 34.1 Å². The first-order valence-corrected chi connectivity index (χ1v) is 6.47. The van der Waals surface area contributed by atoms with Crippen LogP contribution >= 0.6 is 0 Å². The van der Waals surface area contributed by atoms with E-state index in [4.69, 9.17) is 5.11 Å². The third-order valence-electron chi connectivity index (χ3n) is 3.06. The van der Waals surface area contributed by atoms with Crippen molar-refractivity contribution in [2.24, 2.45) is 5.92 Å². The van der Waals surface area contributed by atoms with Crippen molar-refractivity contribution in [3.63, 3.8) is 0 Å². The van der Waals surface area contributed by atoms with Crippen molar-refractivity contribution in [3.05, 3.63) is 0 Å². The van der Waals surface area contributed by atoms with Gasteiger partial charge in [0.05, 0.1) is 12.0 Å². The van der Waals surface area contributed by atoms with E-state index >= 15 is 0 Å². The fourth-order valence-electron chi connectivity index (χ4n) is 1.68. The molecule has 110 valence electrons. The highest BCUT2D eigenvalue weighted by molar-refractivity contribution is 5.81. The molecule has 6 nitrogen and oxygen atoms in total. The Bertz CT molecular complexity index is 331. The van der Waals surface area contributed by atoms with Gasteiger partial charge in [0, 0.05) is 26.6 Å². The van der Waals surface area contributed by atoms with Crippen molar-refractivity contribution in [2.75, 3.05) is 19.6 Å². The second kappa shape index (κ2) is 8.63. The summed E-state index contributed by atoms with van der Waals surface area (Å²) in [4.78, 5) is 34.9. The summed E-state index contributed by atoms with van der Waals surface area (Å²) in [6.07, 6.45) is 0.684. The number of hydrogen-bond donors (Lipinski definition) is 2. The summed E-state index contributed by atoms with van der Waals surface area (Å²) >= 11 is 0. The van der Waals surface area contributed by atoms with Crippen LogP contribution in [0.15, 0.2) is 0 Å². The zero-order chi connectivity index (χ0) is 15.0. The fourth-order valence-corrected chi connectivity index (χ4v) is 1.68. The third kappa shape index (κ3) is 7.56. The zero-order valence-corrected chi connectivity index (χ0v) is 12.1. The monoisotopic (exact) mass is 272 g/mol. The first kappa shape index (κ1) is 17.6. The molecule has 0 saturated heterocycles. The summed E-state index contributed by atoms with van der Waals surface area (Å²) < 4.78 is 0. The standard InChI is InChI=1S/C13H24N2O4/c1-9(13(18)19)8-15(10(2)11(3)16)7-5-6-14-12(4)17/h9-10H,5-8H2,1-4H3,(H,14,17)(H,18,19). The Labute approximate surface area is 114 Å². The molecule has 0 bridgehead atoms. The summed E-state index contributed by atoms with van der Waals surface area (Å²) in [5, 5.41) is 11.6. The Morgan fingerprint density at radius 1 is 1.21 bits per heavy atom. The molecule has 0 aromatic heterocycles. The summed E-state index contributed by atoms with van der Waals surface area (Å²) in [5.41, 5.74) is 0. The maximum Gasteiger partial charge on any atom is 0.307 e. The van der Waals surface area contributed by atoms with Crippen LogP contribution in [0, 0.1) is 5.92 Å². The SMILES string of the molecule is CC(=O)NCCCN(CC(C)C(=O)O)C(C)C(C)=O. The molecule has 6 heteroatoms. The number of carboxylic acids is 1. The molecular weight excluding hydrogens is 248 g/mol. The number of carbonyl (C=O) groups excluding carboxylic acids is 2. The number of carbonyl (C=O) groups is 3. The molecule has 0 fully saturated rings. The van der Waals surface area contributed by atoms with Crippen LogP contribution in [-0.4, -0.2) is 53.3 Å². The van der Waals surface area contributed by atoms with E-state index < -0.39 is 11.9 Å². The van der Waals surface area contributed by atoms with Crippen LogP contribution in [-0.2, 0) is 14.4 Å². The van der Waals surface area contributed by atoms with E-state index in [0.717, 1.165) is 0 Å². The number of nitrogens with one attached hydrogen (secondary N) is 1. The number of ketones is 1. The molecule has 2 N–H and O–H groups in total. The Hall–Kier alpha value is -1.43. The molecule has 0 aliphatic rings. The van der Waals surface area contributed by atoms with E-state index in [0.29, 0.717) is 26.1 Å². The lowest BCUT2D eigenvalue weighted by Crippen LogP contribution is -2.43. The largest absolute Gasteiger partial charge is 0.481 e. The number of Topliss-reactive ketones (excluding diaryl/α,β-unsaturated/α-hetero) is 1. The predicted molar refractivity (Wildman–Crippen MR) is 71.8 cm³/mol. The molecule has 19 heavy (non-hydrogen) atoms. The predicted octanol–water partition coefficient (Wildman–Crippen LogP) is 0.513. The molecule has 0 aromatic rings. The first-order valence-electron chi connectivity index (χ1n) is 6.47. The fraction of sp³-hybridized carbons (Fsp3) is 0.769. The Morgan fingerprint density at radius 2 is 1.79 bits per heavy atom. The van der Waals surface area contributed by atoms with Crippen LogP contribution in [0.4, 0.5) is 0 Å². The highest BCUT2D eigenvalue weighted by Crippen LogP contribution is 2.07. The second-order valence-corrected chi connectivity index (χ2v) is 4.86. The van der Waals surface area contributed by atoms with Crippen LogP contribution < -0.4 is 5.32 Å². The number of hydrogen-bond acceptors (Lipinski definition) is 4. The molecular formula is C13H24N2O4. The second-order valence-electron chi connectivity index (χ2n) is 4.86. The number of rotatable bonds is 9. The normalized spacial score (nSPS) is 13.9. The average molecular weight is 272 g/mol. The topological polar surface area (TPSA) is 86.7 Å². The van der Waals surface area contributed by atoms with Crippen molar-refractivity contribution in [1.82, 2.24) is 10.2 Å². The zero-order valence-electron chi connectivity index (χ0n) is 12.1. The van der Waals surface area contributed by atoms with Crippen LogP contribution in [0.3, 0.4) is 0 Å². The van der Waals surface area contributed by atoms with Gasteiger partial charge in [-0.2, -0.15) is 0 Å². The van der Waals surface area contributed by atoms with Gasteiger partial charge in [-0.25, -0.2) is 0 Å². The van der Waals surface area contributed by atoms with Crippen LogP contribution in [0.25, 0.3) is 0 Å². The molecule has 1 amide bonds. The minimum atomic E-state index is -0.873. The molecule has 0 radical (unpaired) electrons. The molecule has 0 heterocycles. The summed E-state index contributed by atoms with van der Waals surface area (Å²) in [6, 6.07) is -0.306. The Morgan fingerprint density at radius 3 is 2.21 bits per heavy atom. The van der Waals surface area contributed by atoms with Gasteiger partial charge in [-0.1, -0.05) is 6.92 Å². The van der Waals surface area contributed by atoms with E-state index in [2.05, 4.69) is 5.32 Å². The van der Waals surface area contributed by atoms with Gasteiger partial charge in [0.25, 0.3) is 0 Å². The highest BCUT2D eigenvalue weighted by atomic mass is 16.4. The lowest BCUT2D eigenvalue weighted by atomic mass is 10.1. The smallest absolute Gasteiger partial charge is 0.307 e. The molecule has 0 aliphatic carbocycles. The number of amides is 1. The van der Waals surface area contributed by atoms with Gasteiger partial charge >= 0.3 is 5.97 Å². The number of aliphatic carboxylic acids is 1. The van der Waals surface area contributed by atoms with E-state index in [1.54, 1.807) is 13.8 Å². The minimum absolute atomic E-state index is 0.0112. The number of nitrogens with zero attached hydrogens (tertiary/aromatic N) is 1. The van der Waals surface area contributed by atoms with Crippen LogP contribution in [0.2, 0.25) is 0 Å². The van der Waals surface area contributed by atoms with Crippen molar-refractivity contribution in [1.29, 1.82) is 0 Å². The average Bonchev–Trinajstić information content (AvgIpc) is 2.31. The minimum Gasteiger partial charge on any atom is -0.481 e. The van der Waals surface area contributed by atoms with Crippen molar-refractivity contribution in [3.8, 4) is 0 Å². The lowest BCUT2D eigenvalue weighted by Gasteiger charge is -2.28. The quantitative estimate of drug-likeness (QED) is 0.597. The van der Waals surface area contributed by atoms with E-state index in [-0.39, 0.29) is 17.7 Å². The van der Waals surface area contributed by atoms with Crippen LogP contribution in [0.5, 0.6) is 0 Å². The molecule has 0 saturated carbocycles. The van der Waals surface area contributed by atoms with Crippen molar-refractivity contribution < 1.29 is 19.5 Å². The molecule has 0 aliphatic heterocycles. The summed E-state index contributed by atoms with van der Waals surface area (Å²) in [7, 11) is 0. The van der Waals surface area contributed by atoms with Gasteiger partial charge in [0.1, 0.15) is 5.78 Å². The molecule has 0 spiro atoms. The Kier molecular flexibility index (Phi) is 7.98. The lowest BCUT2D eigenvalue weighted by molar-refractivity contribution is -0.142. The van der Waals surface area contributed by atoms with Gasteiger partial charge in [-0.15, -0.1) is 0 Å².